The van der Waals surface area contributed by atoms with Crippen LogP contribution in [0, 0.1) is 6.92 Å². The molecular formula is C10H11N3OS2. The molecule has 0 aliphatic carbocycles. The van der Waals surface area contributed by atoms with Gasteiger partial charge in [0.2, 0.25) is 5.91 Å². The highest BCUT2D eigenvalue weighted by Crippen LogP contribution is 2.16. The summed E-state index contributed by atoms with van der Waals surface area (Å²) < 4.78 is 1.90. The fraction of sp³-hybridized carbons (Fsp3) is 0.300. The summed E-state index contributed by atoms with van der Waals surface area (Å²) in [6.45, 7) is 3.68. The van der Waals surface area contributed by atoms with Crippen LogP contribution in [0.1, 0.15) is 24.7 Å². The highest BCUT2D eigenvalue weighted by Gasteiger charge is 2.15. The number of hydrogen-bond donors (Lipinski definition) is 1. The van der Waals surface area contributed by atoms with E-state index in [1.807, 2.05) is 22.9 Å². The Hall–Kier alpha value is -1.27. The van der Waals surface area contributed by atoms with E-state index in [0.29, 0.717) is 11.4 Å². The number of nitrogens with one attached hydrogen (secondary N) is 1. The van der Waals surface area contributed by atoms with Crippen molar-refractivity contribution in [3.8, 4) is 0 Å². The number of fused-ring (bicyclic) bond motifs is 1. The maximum Gasteiger partial charge on any atom is 0.224 e. The number of thiocarbonyl (C=S) groups is 1. The normalized spacial score (nSPS) is 10.6. The SMILES string of the molecule is CCC(=O)NC(=S)c1c(C)nc2sccn12. The molecule has 0 radical (unpaired) electrons. The van der Waals surface area contributed by atoms with Gasteiger partial charge < -0.3 is 5.32 Å². The molecule has 2 rings (SSSR count). The molecule has 2 heterocycles. The molecule has 0 aromatic carbocycles. The number of nitrogens with zero attached hydrogens (tertiary/aromatic N) is 2. The minimum atomic E-state index is -0.0745. The molecule has 2 aromatic heterocycles. The number of hydrogen-bond acceptors (Lipinski definition) is 4. The molecule has 1 amide bonds. The van der Waals surface area contributed by atoms with Crippen molar-refractivity contribution in [3.05, 3.63) is 23.0 Å². The molecule has 1 N–H and O–H groups in total. The zero-order valence-electron chi connectivity index (χ0n) is 8.98. The van der Waals surface area contributed by atoms with Gasteiger partial charge in [0.25, 0.3) is 0 Å². The fourth-order valence-electron chi connectivity index (χ4n) is 1.44. The lowest BCUT2D eigenvalue weighted by Crippen LogP contribution is -2.30. The van der Waals surface area contributed by atoms with E-state index in [-0.39, 0.29) is 5.91 Å². The Labute approximate surface area is 102 Å². The van der Waals surface area contributed by atoms with E-state index in [1.54, 1.807) is 18.3 Å². The smallest absolute Gasteiger partial charge is 0.224 e. The van der Waals surface area contributed by atoms with Gasteiger partial charge in [-0.15, -0.1) is 11.3 Å². The summed E-state index contributed by atoms with van der Waals surface area (Å²) in [6.07, 6.45) is 2.32. The van der Waals surface area contributed by atoms with Crippen LogP contribution in [-0.4, -0.2) is 20.3 Å². The van der Waals surface area contributed by atoms with Gasteiger partial charge in [-0.25, -0.2) is 4.98 Å². The molecule has 0 bridgehead atoms. The summed E-state index contributed by atoms with van der Waals surface area (Å²) in [4.78, 5) is 17.0. The molecule has 2 aromatic rings. The molecule has 16 heavy (non-hydrogen) atoms. The first-order valence-corrected chi connectivity index (χ1v) is 6.18. The molecule has 6 heteroatoms. The van der Waals surface area contributed by atoms with Gasteiger partial charge in [0, 0.05) is 18.0 Å². The summed E-state index contributed by atoms with van der Waals surface area (Å²) in [5, 5.41) is 4.63. The van der Waals surface area contributed by atoms with Crippen molar-refractivity contribution in [2.24, 2.45) is 0 Å². The van der Waals surface area contributed by atoms with Crippen LogP contribution in [0.4, 0.5) is 0 Å². The minimum Gasteiger partial charge on any atom is -0.315 e. The molecule has 0 saturated carbocycles. The third-order valence-electron chi connectivity index (χ3n) is 2.23. The lowest BCUT2D eigenvalue weighted by atomic mass is 10.3. The van der Waals surface area contributed by atoms with E-state index in [9.17, 15) is 4.79 Å². The van der Waals surface area contributed by atoms with Gasteiger partial charge in [0.1, 0.15) is 10.7 Å². The van der Waals surface area contributed by atoms with E-state index < -0.39 is 0 Å². The Morgan fingerprint density at radius 1 is 1.69 bits per heavy atom. The van der Waals surface area contributed by atoms with Crippen LogP contribution >= 0.6 is 23.6 Å². The maximum atomic E-state index is 11.3. The number of amides is 1. The second-order valence-electron chi connectivity index (χ2n) is 3.33. The van der Waals surface area contributed by atoms with Crippen molar-refractivity contribution < 1.29 is 4.79 Å². The van der Waals surface area contributed by atoms with E-state index in [0.717, 1.165) is 16.3 Å². The van der Waals surface area contributed by atoms with Crippen LogP contribution in [0.2, 0.25) is 0 Å². The Morgan fingerprint density at radius 3 is 3.12 bits per heavy atom. The topological polar surface area (TPSA) is 46.4 Å². The van der Waals surface area contributed by atoms with Gasteiger partial charge in [-0.05, 0) is 6.92 Å². The van der Waals surface area contributed by atoms with Gasteiger partial charge in [-0.1, -0.05) is 19.1 Å². The Bertz CT molecular complexity index is 555. The fourth-order valence-corrected chi connectivity index (χ4v) is 2.56. The third kappa shape index (κ3) is 1.85. The molecule has 0 atom stereocenters. The number of carbonyl (C=O) groups excluding carboxylic acids is 1. The van der Waals surface area contributed by atoms with Crippen molar-refractivity contribution in [1.29, 1.82) is 0 Å². The lowest BCUT2D eigenvalue weighted by molar-refractivity contribution is -0.119. The summed E-state index contributed by atoms with van der Waals surface area (Å²) in [7, 11) is 0. The maximum absolute atomic E-state index is 11.3. The zero-order valence-corrected chi connectivity index (χ0v) is 10.6. The summed E-state index contributed by atoms with van der Waals surface area (Å²) in [5.41, 5.74) is 1.64. The molecule has 4 nitrogen and oxygen atoms in total. The first-order valence-electron chi connectivity index (χ1n) is 4.89. The second-order valence-corrected chi connectivity index (χ2v) is 4.61. The van der Waals surface area contributed by atoms with Gasteiger partial charge in [-0.3, -0.25) is 9.20 Å². The highest BCUT2D eigenvalue weighted by atomic mass is 32.1. The van der Waals surface area contributed by atoms with Crippen LogP contribution in [0.5, 0.6) is 0 Å². The van der Waals surface area contributed by atoms with Gasteiger partial charge in [0.15, 0.2) is 4.96 Å². The van der Waals surface area contributed by atoms with E-state index >= 15 is 0 Å². The van der Waals surface area contributed by atoms with Crippen LogP contribution in [0.3, 0.4) is 0 Å². The van der Waals surface area contributed by atoms with E-state index in [4.69, 9.17) is 12.2 Å². The van der Waals surface area contributed by atoms with Gasteiger partial charge in [0.05, 0.1) is 5.69 Å². The van der Waals surface area contributed by atoms with Crippen molar-refractivity contribution in [3.63, 3.8) is 0 Å². The molecule has 84 valence electrons. The summed E-state index contributed by atoms with van der Waals surface area (Å²) in [6, 6.07) is 0. The first-order chi connectivity index (χ1) is 7.63. The predicted octanol–water partition coefficient (Wildman–Crippen LogP) is 1.91. The quantitative estimate of drug-likeness (QED) is 0.832. The molecule has 0 fully saturated rings. The van der Waals surface area contributed by atoms with Gasteiger partial charge >= 0.3 is 0 Å². The summed E-state index contributed by atoms with van der Waals surface area (Å²) >= 11 is 6.75. The minimum absolute atomic E-state index is 0.0745. The molecule has 0 spiro atoms. The van der Waals surface area contributed by atoms with Crippen LogP contribution in [0.25, 0.3) is 4.96 Å². The average Bonchev–Trinajstić information content (AvgIpc) is 2.76. The molecule has 0 saturated heterocycles. The van der Waals surface area contributed by atoms with Crippen molar-refractivity contribution in [2.75, 3.05) is 0 Å². The van der Waals surface area contributed by atoms with Gasteiger partial charge in [-0.2, -0.15) is 0 Å². The Morgan fingerprint density at radius 2 is 2.44 bits per heavy atom. The number of aromatic nitrogens is 2. The predicted molar refractivity (Wildman–Crippen MR) is 67.9 cm³/mol. The largest absolute Gasteiger partial charge is 0.315 e. The average molecular weight is 253 g/mol. The van der Waals surface area contributed by atoms with Crippen LogP contribution < -0.4 is 5.32 Å². The number of rotatable bonds is 2. The number of aryl methyl sites for hydroxylation is 1. The second kappa shape index (κ2) is 4.31. The molecule has 0 aliphatic heterocycles. The number of thiazole rings is 1. The monoisotopic (exact) mass is 253 g/mol. The molecule has 0 aliphatic rings. The van der Waals surface area contributed by atoms with E-state index in [1.165, 1.54) is 0 Å². The number of imidazole rings is 1. The van der Waals surface area contributed by atoms with Crippen LogP contribution in [-0.2, 0) is 4.79 Å². The Kier molecular flexibility index (Phi) is 3.02. The highest BCUT2D eigenvalue weighted by molar-refractivity contribution is 7.80. The summed E-state index contributed by atoms with van der Waals surface area (Å²) in [5.74, 6) is -0.0745. The lowest BCUT2D eigenvalue weighted by Gasteiger charge is -2.05. The van der Waals surface area contributed by atoms with Crippen molar-refractivity contribution in [2.45, 2.75) is 20.3 Å². The number of carbonyl (C=O) groups is 1. The van der Waals surface area contributed by atoms with Crippen molar-refractivity contribution in [1.82, 2.24) is 14.7 Å². The molecular weight excluding hydrogens is 242 g/mol. The zero-order chi connectivity index (χ0) is 11.7. The molecule has 0 unspecified atom stereocenters. The van der Waals surface area contributed by atoms with E-state index in [2.05, 4.69) is 10.3 Å². The first kappa shape index (κ1) is 11.2. The Balaban J connectivity index is 2.38. The standard InChI is InChI=1S/C10H11N3OS2/c1-3-7(14)12-9(15)8-6(2)11-10-13(8)4-5-16-10/h4-5H,3H2,1-2H3,(H,12,14,15). The van der Waals surface area contributed by atoms with Crippen molar-refractivity contribution >= 4 is 39.4 Å². The van der Waals surface area contributed by atoms with Crippen LogP contribution in [0.15, 0.2) is 11.6 Å². The third-order valence-corrected chi connectivity index (χ3v) is 3.28.